The average Bonchev–Trinajstić information content (AvgIpc) is 2.41. The van der Waals surface area contributed by atoms with E-state index < -0.39 is 10.0 Å². The number of para-hydroxylation sites is 1. The van der Waals surface area contributed by atoms with Gasteiger partial charge in [0, 0.05) is 20.6 Å². The molecule has 1 saturated heterocycles. The number of nitrogens with one attached hydrogen (secondary N) is 1. The molecule has 0 bridgehead atoms. The molecule has 1 aromatic rings. The first-order valence-corrected chi connectivity index (χ1v) is 8.26. The van der Waals surface area contributed by atoms with Crippen LogP contribution in [-0.4, -0.2) is 46.0 Å². The van der Waals surface area contributed by atoms with Crippen LogP contribution in [0.1, 0.15) is 13.3 Å². The van der Waals surface area contributed by atoms with E-state index in [2.05, 4.69) is 12.2 Å². The maximum atomic E-state index is 12.3. The number of hydrogen-bond acceptors (Lipinski definition) is 4. The van der Waals surface area contributed by atoms with Crippen molar-refractivity contribution in [2.45, 2.75) is 24.3 Å². The molecule has 2 rings (SSSR count). The smallest absolute Gasteiger partial charge is 0.246 e. The van der Waals surface area contributed by atoms with Gasteiger partial charge in [-0.1, -0.05) is 19.1 Å². The number of piperidine rings is 1. The monoisotopic (exact) mass is 298 g/mol. The van der Waals surface area contributed by atoms with Crippen LogP contribution < -0.4 is 10.1 Å². The van der Waals surface area contributed by atoms with E-state index in [0.717, 1.165) is 19.5 Å². The molecule has 2 atom stereocenters. The van der Waals surface area contributed by atoms with E-state index in [4.69, 9.17) is 4.74 Å². The van der Waals surface area contributed by atoms with Crippen LogP contribution in [0.25, 0.3) is 0 Å². The fourth-order valence-electron chi connectivity index (χ4n) is 2.24. The lowest BCUT2D eigenvalue weighted by molar-refractivity contribution is 0.111. The van der Waals surface area contributed by atoms with Crippen molar-refractivity contribution in [3.8, 4) is 5.75 Å². The molecule has 5 nitrogen and oxygen atoms in total. The number of sulfonamides is 1. The second-order valence-electron chi connectivity index (χ2n) is 5.36. The largest absolute Gasteiger partial charge is 0.487 e. The molecule has 0 saturated carbocycles. The summed E-state index contributed by atoms with van der Waals surface area (Å²) in [5, 5.41) is 3.28. The Morgan fingerprint density at radius 3 is 2.65 bits per heavy atom. The van der Waals surface area contributed by atoms with Gasteiger partial charge in [-0.15, -0.1) is 0 Å². The molecule has 112 valence electrons. The van der Waals surface area contributed by atoms with Gasteiger partial charge in [-0.2, -0.15) is 0 Å². The highest BCUT2D eigenvalue weighted by Gasteiger charge is 2.27. The van der Waals surface area contributed by atoms with E-state index >= 15 is 0 Å². The number of hydrogen-bond donors (Lipinski definition) is 1. The molecular formula is C14H22N2O3S. The Balaban J connectivity index is 2.29. The molecule has 0 aliphatic carbocycles. The first-order valence-electron chi connectivity index (χ1n) is 6.82. The van der Waals surface area contributed by atoms with E-state index in [1.54, 1.807) is 24.3 Å². The number of rotatable bonds is 4. The molecule has 0 amide bonds. The third kappa shape index (κ3) is 3.13. The fourth-order valence-corrected chi connectivity index (χ4v) is 3.25. The summed E-state index contributed by atoms with van der Waals surface area (Å²) in [6.45, 7) is 3.87. The Kier molecular flexibility index (Phi) is 4.67. The Hall–Kier alpha value is -1.11. The van der Waals surface area contributed by atoms with Gasteiger partial charge < -0.3 is 10.1 Å². The third-order valence-electron chi connectivity index (χ3n) is 3.64. The van der Waals surface area contributed by atoms with E-state index in [0.29, 0.717) is 11.7 Å². The van der Waals surface area contributed by atoms with Crippen molar-refractivity contribution in [2.75, 3.05) is 27.2 Å². The zero-order valence-corrected chi connectivity index (χ0v) is 13.0. The normalized spacial score (nSPS) is 23.8. The summed E-state index contributed by atoms with van der Waals surface area (Å²) in [7, 11) is -0.438. The maximum absolute atomic E-state index is 12.3. The minimum absolute atomic E-state index is 0.00209. The second kappa shape index (κ2) is 6.11. The molecule has 1 heterocycles. The summed E-state index contributed by atoms with van der Waals surface area (Å²) < 4.78 is 31.8. The van der Waals surface area contributed by atoms with Crippen LogP contribution in [0, 0.1) is 5.92 Å². The van der Waals surface area contributed by atoms with Crippen molar-refractivity contribution in [1.82, 2.24) is 9.62 Å². The number of nitrogens with zero attached hydrogens (tertiary/aromatic N) is 1. The minimum atomic E-state index is -3.49. The minimum Gasteiger partial charge on any atom is -0.487 e. The summed E-state index contributed by atoms with van der Waals surface area (Å²) in [6, 6.07) is 6.82. The highest BCUT2D eigenvalue weighted by Crippen LogP contribution is 2.28. The van der Waals surface area contributed by atoms with Gasteiger partial charge in [0.15, 0.2) is 0 Å². The second-order valence-corrected chi connectivity index (χ2v) is 7.48. The van der Waals surface area contributed by atoms with Crippen LogP contribution in [-0.2, 0) is 10.0 Å². The number of benzene rings is 1. The van der Waals surface area contributed by atoms with Gasteiger partial charge in [0.1, 0.15) is 16.7 Å². The zero-order chi connectivity index (χ0) is 14.8. The molecule has 0 radical (unpaired) electrons. The molecule has 0 aromatic heterocycles. The molecule has 1 aliphatic rings. The van der Waals surface area contributed by atoms with Crippen molar-refractivity contribution >= 4 is 10.0 Å². The lowest BCUT2D eigenvalue weighted by atomic mass is 9.97. The Bertz CT molecular complexity index is 557. The quantitative estimate of drug-likeness (QED) is 0.910. The first kappa shape index (κ1) is 15.3. The molecule has 0 spiro atoms. The molecule has 1 aliphatic heterocycles. The zero-order valence-electron chi connectivity index (χ0n) is 12.2. The van der Waals surface area contributed by atoms with E-state index in [9.17, 15) is 8.42 Å². The maximum Gasteiger partial charge on any atom is 0.246 e. The van der Waals surface area contributed by atoms with E-state index in [1.807, 2.05) is 0 Å². The predicted molar refractivity (Wildman–Crippen MR) is 78.4 cm³/mol. The van der Waals surface area contributed by atoms with Gasteiger partial charge in [-0.05, 0) is 31.0 Å². The fraction of sp³-hybridized carbons (Fsp3) is 0.571. The van der Waals surface area contributed by atoms with Crippen LogP contribution in [0.5, 0.6) is 5.75 Å². The van der Waals surface area contributed by atoms with Gasteiger partial charge in [0.05, 0.1) is 0 Å². The van der Waals surface area contributed by atoms with Crippen LogP contribution in [0.3, 0.4) is 0 Å². The molecule has 1 N–H and O–H groups in total. The van der Waals surface area contributed by atoms with Gasteiger partial charge in [0.25, 0.3) is 0 Å². The Labute approximate surface area is 121 Å². The number of ether oxygens (including phenoxy) is 1. The van der Waals surface area contributed by atoms with Gasteiger partial charge in [-0.3, -0.25) is 0 Å². The summed E-state index contributed by atoms with van der Waals surface area (Å²) in [4.78, 5) is 0.225. The molecule has 2 unspecified atom stereocenters. The highest BCUT2D eigenvalue weighted by molar-refractivity contribution is 7.89. The Morgan fingerprint density at radius 1 is 1.30 bits per heavy atom. The highest BCUT2D eigenvalue weighted by atomic mass is 32.2. The predicted octanol–water partition coefficient (Wildman–Crippen LogP) is 1.31. The van der Waals surface area contributed by atoms with Crippen LogP contribution in [0.4, 0.5) is 0 Å². The summed E-state index contributed by atoms with van der Waals surface area (Å²) in [5.74, 6) is 0.841. The van der Waals surface area contributed by atoms with Gasteiger partial charge in [-0.25, -0.2) is 12.7 Å². The van der Waals surface area contributed by atoms with Gasteiger partial charge in [0.2, 0.25) is 10.0 Å². The lowest BCUT2D eigenvalue weighted by Gasteiger charge is -2.30. The van der Waals surface area contributed by atoms with Crippen molar-refractivity contribution in [3.05, 3.63) is 24.3 Å². The van der Waals surface area contributed by atoms with Crippen LogP contribution in [0.15, 0.2) is 29.2 Å². The van der Waals surface area contributed by atoms with Crippen molar-refractivity contribution in [3.63, 3.8) is 0 Å². The summed E-state index contributed by atoms with van der Waals surface area (Å²) >= 11 is 0. The average molecular weight is 298 g/mol. The molecule has 6 heteroatoms. The van der Waals surface area contributed by atoms with Gasteiger partial charge >= 0.3 is 0 Å². The van der Waals surface area contributed by atoms with Crippen LogP contribution in [0.2, 0.25) is 0 Å². The summed E-state index contributed by atoms with van der Waals surface area (Å²) in [5.41, 5.74) is 0. The third-order valence-corrected chi connectivity index (χ3v) is 5.50. The SMILES string of the molecule is CC1CCNCC1Oc1ccccc1S(=O)(=O)N(C)C. The van der Waals surface area contributed by atoms with Crippen molar-refractivity contribution in [1.29, 1.82) is 0 Å². The molecule has 20 heavy (non-hydrogen) atoms. The standard InChI is InChI=1S/C14H22N2O3S/c1-11-8-9-15-10-13(11)19-12-6-4-5-7-14(12)20(17,18)16(2)3/h4-7,11,13,15H,8-10H2,1-3H3. The Morgan fingerprint density at radius 2 is 2.00 bits per heavy atom. The van der Waals surface area contributed by atoms with Crippen LogP contribution >= 0.6 is 0 Å². The lowest BCUT2D eigenvalue weighted by Crippen LogP contribution is -2.43. The molecule has 1 aromatic carbocycles. The van der Waals surface area contributed by atoms with Crippen molar-refractivity contribution < 1.29 is 13.2 Å². The first-order chi connectivity index (χ1) is 9.43. The molecular weight excluding hydrogens is 276 g/mol. The topological polar surface area (TPSA) is 58.6 Å². The van der Waals surface area contributed by atoms with E-state index in [1.165, 1.54) is 18.4 Å². The summed E-state index contributed by atoms with van der Waals surface area (Å²) in [6.07, 6.45) is 1.04. The van der Waals surface area contributed by atoms with Crippen molar-refractivity contribution in [2.24, 2.45) is 5.92 Å². The van der Waals surface area contributed by atoms with E-state index in [-0.39, 0.29) is 11.0 Å². The molecule has 1 fully saturated rings.